The number of rotatable bonds is 7. The average molecular weight is 283 g/mol. The van der Waals surface area contributed by atoms with Gasteiger partial charge in [0.05, 0.1) is 24.6 Å². The SMILES string of the molecule is CCCOCC(N)c1noc(-c2cc(OC)cs2)n1. The Balaban J connectivity index is 2.01. The van der Waals surface area contributed by atoms with Crippen molar-refractivity contribution in [2.45, 2.75) is 19.4 Å². The van der Waals surface area contributed by atoms with E-state index in [2.05, 4.69) is 10.1 Å². The van der Waals surface area contributed by atoms with Crippen LogP contribution in [0.1, 0.15) is 25.2 Å². The van der Waals surface area contributed by atoms with Crippen molar-refractivity contribution in [1.29, 1.82) is 0 Å². The second-order valence-electron chi connectivity index (χ2n) is 3.99. The Morgan fingerprint density at radius 2 is 2.37 bits per heavy atom. The van der Waals surface area contributed by atoms with Gasteiger partial charge in [0.25, 0.3) is 5.89 Å². The van der Waals surface area contributed by atoms with E-state index in [9.17, 15) is 0 Å². The third kappa shape index (κ3) is 3.52. The number of methoxy groups -OCH3 is 1. The number of nitrogens with zero attached hydrogens (tertiary/aromatic N) is 2. The van der Waals surface area contributed by atoms with E-state index in [1.165, 1.54) is 11.3 Å². The lowest BCUT2D eigenvalue weighted by atomic mass is 10.3. The lowest BCUT2D eigenvalue weighted by molar-refractivity contribution is 0.119. The molecule has 2 N–H and O–H groups in total. The van der Waals surface area contributed by atoms with Crippen molar-refractivity contribution >= 4 is 11.3 Å². The Labute approximate surface area is 115 Å². The van der Waals surface area contributed by atoms with Crippen LogP contribution >= 0.6 is 11.3 Å². The maximum atomic E-state index is 5.93. The first-order valence-corrected chi connectivity index (χ1v) is 6.92. The van der Waals surface area contributed by atoms with E-state index in [0.29, 0.717) is 24.9 Å². The molecule has 0 spiro atoms. The summed E-state index contributed by atoms with van der Waals surface area (Å²) in [6, 6.07) is 1.48. The van der Waals surface area contributed by atoms with Crippen molar-refractivity contribution in [1.82, 2.24) is 10.1 Å². The molecule has 2 heterocycles. The van der Waals surface area contributed by atoms with Crippen LogP contribution in [0.5, 0.6) is 5.75 Å². The second kappa shape index (κ2) is 6.65. The zero-order chi connectivity index (χ0) is 13.7. The third-order valence-electron chi connectivity index (χ3n) is 2.44. The number of hydrogen-bond donors (Lipinski definition) is 1. The van der Waals surface area contributed by atoms with Crippen LogP contribution in [0.3, 0.4) is 0 Å². The van der Waals surface area contributed by atoms with E-state index in [1.54, 1.807) is 7.11 Å². The minimum Gasteiger partial charge on any atom is -0.496 e. The van der Waals surface area contributed by atoms with Gasteiger partial charge in [-0.3, -0.25) is 0 Å². The van der Waals surface area contributed by atoms with Gasteiger partial charge in [0.1, 0.15) is 5.75 Å². The number of hydrogen-bond acceptors (Lipinski definition) is 7. The summed E-state index contributed by atoms with van der Waals surface area (Å²) in [7, 11) is 1.62. The minimum atomic E-state index is -0.370. The summed E-state index contributed by atoms with van der Waals surface area (Å²) >= 11 is 1.48. The van der Waals surface area contributed by atoms with Crippen LogP contribution in [0.25, 0.3) is 10.8 Å². The first-order valence-electron chi connectivity index (χ1n) is 6.04. The average Bonchev–Trinajstić information content (AvgIpc) is 3.07. The standard InChI is InChI=1S/C12H17N3O3S/c1-3-4-17-6-9(13)11-14-12(18-15-11)10-5-8(16-2)7-19-10/h5,7,9H,3-4,6,13H2,1-2H3. The number of nitrogens with two attached hydrogens (primary N) is 1. The molecule has 0 aliphatic heterocycles. The smallest absolute Gasteiger partial charge is 0.268 e. The molecule has 2 aromatic heterocycles. The van der Waals surface area contributed by atoms with Crippen LogP contribution in [0, 0.1) is 0 Å². The zero-order valence-corrected chi connectivity index (χ0v) is 11.8. The summed E-state index contributed by atoms with van der Waals surface area (Å²) in [6.45, 7) is 3.11. The van der Waals surface area contributed by atoms with Gasteiger partial charge in [-0.2, -0.15) is 4.98 Å². The Morgan fingerprint density at radius 1 is 1.53 bits per heavy atom. The van der Waals surface area contributed by atoms with Gasteiger partial charge in [0.2, 0.25) is 0 Å². The van der Waals surface area contributed by atoms with E-state index in [-0.39, 0.29) is 6.04 Å². The fourth-order valence-electron chi connectivity index (χ4n) is 1.45. The van der Waals surface area contributed by atoms with Gasteiger partial charge < -0.3 is 19.7 Å². The number of thiophene rings is 1. The largest absolute Gasteiger partial charge is 0.496 e. The van der Waals surface area contributed by atoms with Crippen molar-refractivity contribution in [2.75, 3.05) is 20.3 Å². The Bertz CT molecular complexity index is 512. The molecule has 2 aromatic rings. The highest BCUT2D eigenvalue weighted by molar-refractivity contribution is 7.13. The molecule has 0 aromatic carbocycles. The molecule has 0 aliphatic rings. The molecule has 0 aliphatic carbocycles. The molecule has 0 saturated heterocycles. The normalized spacial score (nSPS) is 12.6. The summed E-state index contributed by atoms with van der Waals surface area (Å²) in [5, 5.41) is 5.76. The lowest BCUT2D eigenvalue weighted by Crippen LogP contribution is -2.18. The molecular formula is C12H17N3O3S. The molecule has 1 unspecified atom stereocenters. The van der Waals surface area contributed by atoms with Crippen molar-refractivity contribution in [3.63, 3.8) is 0 Å². The summed E-state index contributed by atoms with van der Waals surface area (Å²) < 4.78 is 15.7. The van der Waals surface area contributed by atoms with Gasteiger partial charge in [0, 0.05) is 18.1 Å². The molecule has 104 valence electrons. The van der Waals surface area contributed by atoms with Crippen molar-refractivity contribution in [3.8, 4) is 16.5 Å². The highest BCUT2D eigenvalue weighted by Crippen LogP contribution is 2.30. The van der Waals surface area contributed by atoms with Crippen molar-refractivity contribution in [3.05, 3.63) is 17.3 Å². The maximum Gasteiger partial charge on any atom is 0.268 e. The first-order chi connectivity index (χ1) is 9.24. The Morgan fingerprint density at radius 3 is 3.05 bits per heavy atom. The summed E-state index contributed by atoms with van der Waals surface area (Å²) in [6.07, 6.45) is 0.958. The minimum absolute atomic E-state index is 0.370. The van der Waals surface area contributed by atoms with Crippen LogP contribution in [0.15, 0.2) is 16.0 Å². The molecule has 0 radical (unpaired) electrons. The molecule has 7 heteroatoms. The molecule has 0 amide bonds. The molecule has 2 rings (SSSR count). The van der Waals surface area contributed by atoms with Crippen LogP contribution in [0.2, 0.25) is 0 Å². The fraction of sp³-hybridized carbons (Fsp3) is 0.500. The summed E-state index contributed by atoms with van der Waals surface area (Å²) in [4.78, 5) is 5.14. The van der Waals surface area contributed by atoms with Crippen LogP contribution in [0.4, 0.5) is 0 Å². The van der Waals surface area contributed by atoms with E-state index in [0.717, 1.165) is 17.0 Å². The first kappa shape index (κ1) is 14.0. The molecule has 0 saturated carbocycles. The monoisotopic (exact) mass is 283 g/mol. The zero-order valence-electron chi connectivity index (χ0n) is 11.0. The van der Waals surface area contributed by atoms with Crippen LogP contribution < -0.4 is 10.5 Å². The summed E-state index contributed by atoms with van der Waals surface area (Å²) in [5.41, 5.74) is 5.93. The van der Waals surface area contributed by atoms with Gasteiger partial charge >= 0.3 is 0 Å². The van der Waals surface area contributed by atoms with E-state index in [4.69, 9.17) is 19.7 Å². The molecular weight excluding hydrogens is 266 g/mol. The van der Waals surface area contributed by atoms with E-state index < -0.39 is 0 Å². The van der Waals surface area contributed by atoms with E-state index >= 15 is 0 Å². The summed E-state index contributed by atoms with van der Waals surface area (Å²) in [5.74, 6) is 1.68. The lowest BCUT2D eigenvalue weighted by Gasteiger charge is -2.06. The predicted molar refractivity (Wildman–Crippen MR) is 72.2 cm³/mol. The van der Waals surface area contributed by atoms with Gasteiger partial charge in [-0.25, -0.2) is 0 Å². The second-order valence-corrected chi connectivity index (χ2v) is 4.90. The molecule has 6 nitrogen and oxygen atoms in total. The maximum absolute atomic E-state index is 5.93. The highest BCUT2D eigenvalue weighted by Gasteiger charge is 2.16. The predicted octanol–water partition coefficient (Wildman–Crippen LogP) is 2.23. The fourth-order valence-corrected chi connectivity index (χ4v) is 2.23. The van der Waals surface area contributed by atoms with E-state index in [1.807, 2.05) is 18.4 Å². The topological polar surface area (TPSA) is 83.4 Å². The number of ether oxygens (including phenoxy) is 2. The van der Waals surface area contributed by atoms with Gasteiger partial charge in [0.15, 0.2) is 5.82 Å². The molecule has 0 bridgehead atoms. The van der Waals surface area contributed by atoms with Gasteiger partial charge in [-0.1, -0.05) is 12.1 Å². The van der Waals surface area contributed by atoms with Gasteiger partial charge in [-0.15, -0.1) is 11.3 Å². The quantitative estimate of drug-likeness (QED) is 0.784. The molecule has 0 fully saturated rings. The third-order valence-corrected chi connectivity index (χ3v) is 3.34. The molecule has 19 heavy (non-hydrogen) atoms. The van der Waals surface area contributed by atoms with Crippen molar-refractivity contribution < 1.29 is 14.0 Å². The molecule has 1 atom stereocenters. The van der Waals surface area contributed by atoms with Crippen LogP contribution in [-0.4, -0.2) is 30.5 Å². The van der Waals surface area contributed by atoms with Crippen LogP contribution in [-0.2, 0) is 4.74 Å². The Hall–Kier alpha value is -1.44. The Kier molecular flexibility index (Phi) is 4.89. The number of aromatic nitrogens is 2. The van der Waals surface area contributed by atoms with Crippen molar-refractivity contribution in [2.24, 2.45) is 5.73 Å². The highest BCUT2D eigenvalue weighted by atomic mass is 32.1. The van der Waals surface area contributed by atoms with Gasteiger partial charge in [-0.05, 0) is 6.42 Å².